The molecule has 0 saturated carbocycles. The maximum Gasteiger partial charge on any atom is 0.255 e. The van der Waals surface area contributed by atoms with Gasteiger partial charge >= 0.3 is 0 Å². The molecular weight excluding hydrogens is 386 g/mol. The molecule has 1 amide bonds. The number of ether oxygens (including phenoxy) is 1. The van der Waals surface area contributed by atoms with Gasteiger partial charge in [-0.3, -0.25) is 9.69 Å². The van der Waals surface area contributed by atoms with Crippen LogP contribution in [0, 0.1) is 5.92 Å². The van der Waals surface area contributed by atoms with E-state index in [-0.39, 0.29) is 12.0 Å². The number of piperidine rings is 2. The minimum Gasteiger partial charge on any atom is -0.490 e. The summed E-state index contributed by atoms with van der Waals surface area (Å²) in [7, 11) is 2.15. The molecule has 0 bridgehead atoms. The predicted octanol–water partition coefficient (Wildman–Crippen LogP) is 4.64. The molecule has 5 nitrogen and oxygen atoms in total. The van der Waals surface area contributed by atoms with E-state index in [1.807, 2.05) is 36.4 Å². The van der Waals surface area contributed by atoms with E-state index >= 15 is 0 Å². The summed E-state index contributed by atoms with van der Waals surface area (Å²) in [5, 5.41) is 2.99. The third kappa shape index (κ3) is 6.31. The molecule has 0 spiro atoms. The van der Waals surface area contributed by atoms with Gasteiger partial charge in [-0.15, -0.1) is 0 Å². The van der Waals surface area contributed by atoms with E-state index in [0.717, 1.165) is 49.8 Å². The van der Waals surface area contributed by atoms with Crippen LogP contribution in [-0.2, 0) is 6.54 Å². The van der Waals surface area contributed by atoms with Gasteiger partial charge in [0, 0.05) is 37.4 Å². The lowest BCUT2D eigenvalue weighted by Crippen LogP contribution is -2.35. The third-order valence-corrected chi connectivity index (χ3v) is 6.44. The highest BCUT2D eigenvalue weighted by Gasteiger charge is 2.18. The Labute approximate surface area is 186 Å². The zero-order valence-electron chi connectivity index (χ0n) is 18.8. The van der Waals surface area contributed by atoms with E-state index in [2.05, 4.69) is 41.2 Å². The molecule has 0 aliphatic carbocycles. The molecule has 4 rings (SSSR count). The quantitative estimate of drug-likeness (QED) is 0.738. The lowest BCUT2D eigenvalue weighted by molar-refractivity contribution is 0.102. The van der Waals surface area contributed by atoms with Crippen molar-refractivity contribution in [3.8, 4) is 5.75 Å². The number of anilines is 1. The summed E-state index contributed by atoms with van der Waals surface area (Å²) < 4.78 is 6.09. The summed E-state index contributed by atoms with van der Waals surface area (Å²) in [4.78, 5) is 17.5. The fraction of sp³-hybridized carbons (Fsp3) is 0.500. The zero-order valence-corrected chi connectivity index (χ0v) is 18.8. The largest absolute Gasteiger partial charge is 0.490 e. The van der Waals surface area contributed by atoms with Crippen molar-refractivity contribution in [3.05, 3.63) is 59.7 Å². The van der Waals surface area contributed by atoms with Crippen LogP contribution in [0.15, 0.2) is 48.5 Å². The summed E-state index contributed by atoms with van der Waals surface area (Å²) in [5.74, 6) is 1.56. The maximum atomic E-state index is 12.6. The topological polar surface area (TPSA) is 44.8 Å². The van der Waals surface area contributed by atoms with Crippen LogP contribution in [0.5, 0.6) is 5.75 Å². The minimum absolute atomic E-state index is 0.0814. The number of likely N-dealkylation sites (tertiary alicyclic amines) is 2. The van der Waals surface area contributed by atoms with Crippen LogP contribution in [-0.4, -0.2) is 55.0 Å². The Bertz CT molecular complexity index is 842. The number of rotatable bonds is 6. The van der Waals surface area contributed by atoms with E-state index in [4.69, 9.17) is 4.74 Å². The normalized spacial score (nSPS) is 21.0. The molecule has 2 aromatic carbocycles. The van der Waals surface area contributed by atoms with E-state index in [0.29, 0.717) is 5.56 Å². The summed E-state index contributed by atoms with van der Waals surface area (Å²) in [5.41, 5.74) is 2.73. The molecule has 2 heterocycles. The summed E-state index contributed by atoms with van der Waals surface area (Å²) in [6.45, 7) is 7.78. The van der Waals surface area contributed by atoms with Gasteiger partial charge in [0.05, 0.1) is 0 Å². The van der Waals surface area contributed by atoms with Gasteiger partial charge in [0.15, 0.2) is 0 Å². The van der Waals surface area contributed by atoms with E-state index < -0.39 is 0 Å². The fourth-order valence-electron chi connectivity index (χ4n) is 4.57. The Morgan fingerprint density at radius 1 is 1.00 bits per heavy atom. The lowest BCUT2D eigenvalue weighted by Gasteiger charge is -2.30. The van der Waals surface area contributed by atoms with Crippen molar-refractivity contribution < 1.29 is 9.53 Å². The number of nitrogens with one attached hydrogen (secondary N) is 1. The SMILES string of the molecule is C[C@@H]1CCCN(Cc2ccc(C(=O)Nc3ccc(OC4CCN(C)CC4)cc3)cc2)C1. The number of nitrogens with zero attached hydrogens (tertiary/aromatic N) is 2. The zero-order chi connectivity index (χ0) is 21.6. The number of hydrogen-bond acceptors (Lipinski definition) is 4. The molecule has 1 atom stereocenters. The van der Waals surface area contributed by atoms with Gasteiger partial charge in [-0.25, -0.2) is 0 Å². The monoisotopic (exact) mass is 421 g/mol. The molecule has 2 aliphatic rings. The van der Waals surface area contributed by atoms with Crippen LogP contribution in [0.2, 0.25) is 0 Å². The van der Waals surface area contributed by atoms with Gasteiger partial charge in [-0.05, 0) is 87.2 Å². The Morgan fingerprint density at radius 2 is 1.71 bits per heavy atom. The van der Waals surface area contributed by atoms with Crippen LogP contribution in [0.25, 0.3) is 0 Å². The molecule has 5 heteroatoms. The first-order valence-corrected chi connectivity index (χ1v) is 11.6. The second-order valence-corrected chi connectivity index (χ2v) is 9.28. The van der Waals surface area contributed by atoms with Crippen molar-refractivity contribution in [3.63, 3.8) is 0 Å². The average molecular weight is 422 g/mol. The van der Waals surface area contributed by atoms with Gasteiger partial charge in [0.2, 0.25) is 0 Å². The molecular formula is C26H35N3O2. The summed E-state index contributed by atoms with van der Waals surface area (Å²) in [6, 6.07) is 15.7. The Hall–Kier alpha value is -2.37. The van der Waals surface area contributed by atoms with Crippen LogP contribution in [0.3, 0.4) is 0 Å². The molecule has 31 heavy (non-hydrogen) atoms. The van der Waals surface area contributed by atoms with Gasteiger partial charge in [-0.2, -0.15) is 0 Å². The average Bonchev–Trinajstić information content (AvgIpc) is 2.77. The standard InChI is InChI=1S/C26H35N3O2/c1-20-4-3-15-29(18-20)19-21-5-7-22(8-6-21)26(30)27-23-9-11-24(12-10-23)31-25-13-16-28(2)17-14-25/h5-12,20,25H,3-4,13-19H2,1-2H3,(H,27,30)/t20-/m1/s1. The minimum atomic E-state index is -0.0814. The van der Waals surface area contributed by atoms with Gasteiger partial charge in [0.25, 0.3) is 5.91 Å². The molecule has 2 fully saturated rings. The Balaban J connectivity index is 1.27. The number of amides is 1. The van der Waals surface area contributed by atoms with E-state index in [1.54, 1.807) is 0 Å². The van der Waals surface area contributed by atoms with Crippen molar-refractivity contribution in [1.82, 2.24) is 9.80 Å². The number of benzene rings is 2. The van der Waals surface area contributed by atoms with Crippen LogP contribution < -0.4 is 10.1 Å². The van der Waals surface area contributed by atoms with Crippen molar-refractivity contribution in [2.24, 2.45) is 5.92 Å². The Kier molecular flexibility index (Phi) is 7.25. The van der Waals surface area contributed by atoms with E-state index in [9.17, 15) is 4.79 Å². The molecule has 2 aromatic rings. The molecule has 0 aromatic heterocycles. The molecule has 2 saturated heterocycles. The van der Waals surface area contributed by atoms with Crippen LogP contribution in [0.4, 0.5) is 5.69 Å². The van der Waals surface area contributed by atoms with Gasteiger partial charge in [0.1, 0.15) is 11.9 Å². The smallest absolute Gasteiger partial charge is 0.255 e. The highest BCUT2D eigenvalue weighted by molar-refractivity contribution is 6.04. The number of carbonyl (C=O) groups is 1. The van der Waals surface area contributed by atoms with Gasteiger partial charge in [-0.1, -0.05) is 19.1 Å². The van der Waals surface area contributed by atoms with Crippen molar-refractivity contribution in [2.45, 2.75) is 45.3 Å². The van der Waals surface area contributed by atoms with E-state index in [1.165, 1.54) is 31.5 Å². The van der Waals surface area contributed by atoms with Crippen molar-refractivity contribution in [2.75, 3.05) is 38.5 Å². The molecule has 1 N–H and O–H groups in total. The van der Waals surface area contributed by atoms with Gasteiger partial charge < -0.3 is 15.0 Å². The number of hydrogen-bond donors (Lipinski definition) is 1. The summed E-state index contributed by atoms with van der Waals surface area (Å²) >= 11 is 0. The van der Waals surface area contributed by atoms with Crippen molar-refractivity contribution >= 4 is 11.6 Å². The first-order valence-electron chi connectivity index (χ1n) is 11.6. The number of carbonyl (C=O) groups excluding carboxylic acids is 1. The first kappa shape index (κ1) is 21.8. The Morgan fingerprint density at radius 3 is 2.39 bits per heavy atom. The second kappa shape index (κ2) is 10.3. The second-order valence-electron chi connectivity index (χ2n) is 9.28. The van der Waals surface area contributed by atoms with Crippen molar-refractivity contribution in [1.29, 1.82) is 0 Å². The lowest BCUT2D eigenvalue weighted by atomic mass is 9.99. The highest BCUT2D eigenvalue weighted by atomic mass is 16.5. The maximum absolute atomic E-state index is 12.6. The molecule has 0 radical (unpaired) electrons. The predicted molar refractivity (Wildman–Crippen MR) is 126 cm³/mol. The first-order chi connectivity index (χ1) is 15.0. The third-order valence-electron chi connectivity index (χ3n) is 6.44. The van der Waals surface area contributed by atoms with Crippen LogP contribution in [0.1, 0.15) is 48.5 Å². The van der Waals surface area contributed by atoms with Crippen LogP contribution >= 0.6 is 0 Å². The molecule has 166 valence electrons. The summed E-state index contributed by atoms with van der Waals surface area (Å²) in [6.07, 6.45) is 5.01. The fourth-order valence-corrected chi connectivity index (χ4v) is 4.57. The molecule has 0 unspecified atom stereocenters. The highest BCUT2D eigenvalue weighted by Crippen LogP contribution is 2.22. The molecule has 2 aliphatic heterocycles.